The topological polar surface area (TPSA) is 26.0 Å². The molecule has 0 bridgehead atoms. The molecule has 0 unspecified atom stereocenters. The van der Waals surface area contributed by atoms with Gasteiger partial charge in [0.1, 0.15) is 0 Å². The second-order valence-electron chi connectivity index (χ2n) is 1.32. The first kappa shape index (κ1) is 6.67. The molecule has 0 spiro atoms. The Labute approximate surface area is 58.0 Å². The van der Waals surface area contributed by atoms with Gasteiger partial charge in [-0.3, -0.25) is 0 Å². The molecule has 0 atom stereocenters. The van der Waals surface area contributed by atoms with Crippen LogP contribution >= 0.6 is 15.9 Å². The van der Waals surface area contributed by atoms with Gasteiger partial charge in [-0.1, -0.05) is 0 Å². The van der Waals surface area contributed by atoms with Gasteiger partial charge in [-0.25, -0.2) is 13.8 Å². The Morgan fingerprint density at radius 3 is 2.56 bits per heavy atom. The first-order valence-electron chi connectivity index (χ1n) is 2.09. The maximum Gasteiger partial charge on any atom is 0.297 e. The highest BCUT2D eigenvalue weighted by molar-refractivity contribution is 9.10. The third-order valence-corrected chi connectivity index (χ3v) is 1.08. The Balaban J connectivity index is 2.85. The van der Waals surface area contributed by atoms with E-state index in [-0.39, 0.29) is 4.80 Å². The first-order valence-corrected chi connectivity index (χ1v) is 2.89. The van der Waals surface area contributed by atoms with Gasteiger partial charge in [0.15, 0.2) is 5.76 Å². The molecule has 0 N–H and O–H groups in total. The van der Waals surface area contributed by atoms with E-state index in [9.17, 15) is 8.78 Å². The minimum atomic E-state index is -2.58. The molecule has 2 nitrogen and oxygen atoms in total. The molecule has 0 radical (unpaired) electrons. The third kappa shape index (κ3) is 1.48. The van der Waals surface area contributed by atoms with Crippen molar-refractivity contribution in [2.24, 2.45) is 0 Å². The van der Waals surface area contributed by atoms with E-state index in [0.717, 1.165) is 6.20 Å². The van der Waals surface area contributed by atoms with E-state index in [0.29, 0.717) is 0 Å². The molecule has 1 aromatic heterocycles. The fraction of sp³-hybridized carbons (Fsp3) is 0.250. The third-order valence-electron chi connectivity index (χ3n) is 0.710. The SMILES string of the molecule is FC(F)c1cnc(Br)o1. The van der Waals surface area contributed by atoms with Gasteiger partial charge in [0, 0.05) is 15.9 Å². The minimum absolute atomic E-state index is 0.0813. The monoisotopic (exact) mass is 197 g/mol. The van der Waals surface area contributed by atoms with E-state index in [2.05, 4.69) is 25.3 Å². The molecule has 1 aromatic rings. The quantitative estimate of drug-likeness (QED) is 0.692. The Hall–Kier alpha value is -0.450. The van der Waals surface area contributed by atoms with Crippen LogP contribution in [0, 0.1) is 0 Å². The van der Waals surface area contributed by atoms with Crippen LogP contribution in [0.2, 0.25) is 0 Å². The lowest BCUT2D eigenvalue weighted by atomic mass is 10.5. The number of hydrogen-bond acceptors (Lipinski definition) is 2. The van der Waals surface area contributed by atoms with Crippen LogP contribution in [0.15, 0.2) is 15.4 Å². The average Bonchev–Trinajstić information content (AvgIpc) is 2.14. The smallest absolute Gasteiger partial charge is 0.297 e. The summed E-state index contributed by atoms with van der Waals surface area (Å²) < 4.78 is 27.7. The second kappa shape index (κ2) is 2.43. The molecule has 5 heteroatoms. The normalized spacial score (nSPS) is 10.7. The van der Waals surface area contributed by atoms with Gasteiger partial charge >= 0.3 is 0 Å². The second-order valence-corrected chi connectivity index (χ2v) is 1.99. The highest BCUT2D eigenvalue weighted by Crippen LogP contribution is 2.20. The van der Waals surface area contributed by atoms with Gasteiger partial charge in [-0.2, -0.15) is 0 Å². The number of halogens is 3. The maximum absolute atomic E-state index is 11.6. The lowest BCUT2D eigenvalue weighted by Crippen LogP contribution is -1.75. The zero-order valence-corrected chi connectivity index (χ0v) is 5.73. The summed E-state index contributed by atoms with van der Waals surface area (Å²) >= 11 is 2.79. The summed E-state index contributed by atoms with van der Waals surface area (Å²) in [6, 6.07) is 0. The van der Waals surface area contributed by atoms with Crippen LogP contribution < -0.4 is 0 Å². The molecule has 0 fully saturated rings. The van der Waals surface area contributed by atoms with E-state index in [1.165, 1.54) is 0 Å². The maximum atomic E-state index is 11.6. The molecule has 0 saturated heterocycles. The average molecular weight is 198 g/mol. The van der Waals surface area contributed by atoms with Gasteiger partial charge in [0.2, 0.25) is 0 Å². The van der Waals surface area contributed by atoms with Gasteiger partial charge in [0.25, 0.3) is 11.2 Å². The van der Waals surface area contributed by atoms with Crippen molar-refractivity contribution in [3.8, 4) is 0 Å². The summed E-state index contributed by atoms with van der Waals surface area (Å²) in [7, 11) is 0. The van der Waals surface area contributed by atoms with Crippen LogP contribution in [0.25, 0.3) is 0 Å². The summed E-state index contributed by atoms with van der Waals surface area (Å²) in [4.78, 5) is 3.49. The van der Waals surface area contributed by atoms with Gasteiger partial charge < -0.3 is 4.42 Å². The molecule has 1 heterocycles. The number of hydrogen-bond donors (Lipinski definition) is 0. The number of rotatable bonds is 1. The zero-order chi connectivity index (χ0) is 6.85. The predicted octanol–water partition coefficient (Wildman–Crippen LogP) is 2.37. The summed E-state index contributed by atoms with van der Waals surface area (Å²) in [5.41, 5.74) is 0. The fourth-order valence-corrected chi connectivity index (χ4v) is 0.654. The van der Waals surface area contributed by atoms with Gasteiger partial charge in [-0.05, 0) is 0 Å². The minimum Gasteiger partial charge on any atom is -0.430 e. The molecule has 0 aliphatic rings. The highest BCUT2D eigenvalue weighted by Gasteiger charge is 2.11. The van der Waals surface area contributed by atoms with E-state index in [1.54, 1.807) is 0 Å². The van der Waals surface area contributed by atoms with Crippen LogP contribution in [0.4, 0.5) is 8.78 Å². The van der Waals surface area contributed by atoms with Crippen molar-refractivity contribution in [2.75, 3.05) is 0 Å². The molecule has 50 valence electrons. The Bertz CT molecular complexity index is 200. The number of oxazole rings is 1. The van der Waals surface area contributed by atoms with Crippen LogP contribution in [0.5, 0.6) is 0 Å². The Kier molecular flexibility index (Phi) is 1.80. The van der Waals surface area contributed by atoms with Crippen LogP contribution in [-0.2, 0) is 0 Å². The largest absolute Gasteiger partial charge is 0.430 e. The van der Waals surface area contributed by atoms with Crippen molar-refractivity contribution in [1.29, 1.82) is 0 Å². The summed E-state index contributed by atoms with van der Waals surface area (Å²) in [5, 5.41) is 0. The standard InChI is InChI=1S/C4H2BrF2NO/c5-4-8-1-2(9-4)3(6)7/h1,3H. The van der Waals surface area contributed by atoms with Crippen LogP contribution in [-0.4, -0.2) is 4.98 Å². The van der Waals surface area contributed by atoms with Crippen molar-refractivity contribution >= 4 is 15.9 Å². The zero-order valence-electron chi connectivity index (χ0n) is 4.14. The molecule has 0 aliphatic carbocycles. The van der Waals surface area contributed by atoms with E-state index in [4.69, 9.17) is 0 Å². The molecule has 1 rings (SSSR count). The van der Waals surface area contributed by atoms with E-state index >= 15 is 0 Å². The Morgan fingerprint density at radius 2 is 2.33 bits per heavy atom. The van der Waals surface area contributed by atoms with Crippen molar-refractivity contribution in [3.05, 3.63) is 16.8 Å². The molecule has 0 aromatic carbocycles. The molecular weight excluding hydrogens is 196 g/mol. The lowest BCUT2D eigenvalue weighted by Gasteiger charge is -1.86. The van der Waals surface area contributed by atoms with E-state index < -0.39 is 12.2 Å². The molecule has 0 saturated carbocycles. The van der Waals surface area contributed by atoms with Crippen molar-refractivity contribution in [1.82, 2.24) is 4.98 Å². The predicted molar refractivity (Wildman–Crippen MR) is 29.2 cm³/mol. The highest BCUT2D eigenvalue weighted by atomic mass is 79.9. The molecule has 0 amide bonds. The summed E-state index contributed by atoms with van der Waals surface area (Å²) in [6.45, 7) is 0. The van der Waals surface area contributed by atoms with Crippen LogP contribution in [0.3, 0.4) is 0 Å². The summed E-state index contributed by atoms with van der Waals surface area (Å²) in [6.07, 6.45) is -1.60. The van der Waals surface area contributed by atoms with Gasteiger partial charge in [-0.15, -0.1) is 0 Å². The number of aromatic nitrogens is 1. The van der Waals surface area contributed by atoms with Crippen LogP contribution in [0.1, 0.15) is 12.2 Å². The fourth-order valence-electron chi connectivity index (χ4n) is 0.365. The number of alkyl halides is 2. The van der Waals surface area contributed by atoms with Crippen molar-refractivity contribution in [2.45, 2.75) is 6.43 Å². The summed E-state index contributed by atoms with van der Waals surface area (Å²) in [5.74, 6) is -0.415. The first-order chi connectivity index (χ1) is 4.20. The lowest BCUT2D eigenvalue weighted by molar-refractivity contribution is 0.120. The Morgan fingerprint density at radius 1 is 1.67 bits per heavy atom. The van der Waals surface area contributed by atoms with Crippen molar-refractivity contribution in [3.63, 3.8) is 0 Å². The molecular formula is C4H2BrF2NO. The molecule has 0 aliphatic heterocycles. The van der Waals surface area contributed by atoms with Gasteiger partial charge in [0.05, 0.1) is 6.20 Å². The molecule has 9 heavy (non-hydrogen) atoms. The van der Waals surface area contributed by atoms with E-state index in [1.807, 2.05) is 0 Å². The van der Waals surface area contributed by atoms with Crippen molar-refractivity contribution < 1.29 is 13.2 Å². The number of nitrogens with zero attached hydrogens (tertiary/aromatic N) is 1.